The smallest absolute Gasteiger partial charge is 0.408 e. The summed E-state index contributed by atoms with van der Waals surface area (Å²) < 4.78 is 6.56. The van der Waals surface area contributed by atoms with Gasteiger partial charge < -0.3 is 15.5 Å². The molecule has 17 heavy (non-hydrogen) atoms. The minimum atomic E-state index is -0.346. The molecule has 0 aliphatic heterocycles. The maximum atomic E-state index is 11.3. The monoisotopic (exact) mass is 235 g/mol. The lowest BCUT2D eigenvalue weighted by molar-refractivity contribution is 0.528. The zero-order valence-corrected chi connectivity index (χ0v) is 10.1. The van der Waals surface area contributed by atoms with Gasteiger partial charge in [-0.1, -0.05) is 6.07 Å². The summed E-state index contributed by atoms with van der Waals surface area (Å²) in [7, 11) is 3.59. The molecule has 0 spiro atoms. The summed E-state index contributed by atoms with van der Waals surface area (Å²) in [6.07, 6.45) is 0.855. The normalized spacial score (nSPS) is 13.1. The molecule has 1 atom stereocenters. The van der Waals surface area contributed by atoms with Crippen molar-refractivity contribution in [1.82, 2.24) is 9.88 Å². The first-order valence-corrected chi connectivity index (χ1v) is 5.63. The summed E-state index contributed by atoms with van der Waals surface area (Å²) in [5.41, 5.74) is 8.47. The molecule has 0 radical (unpaired) electrons. The number of nitrogens with zero attached hydrogens (tertiary/aromatic N) is 1. The van der Waals surface area contributed by atoms with Crippen molar-refractivity contribution in [3.8, 4) is 0 Å². The molecule has 1 aromatic carbocycles. The number of hydrogen-bond donors (Lipinski definition) is 2. The minimum absolute atomic E-state index is 0.0307. The quantitative estimate of drug-likeness (QED) is 0.819. The highest BCUT2D eigenvalue weighted by Crippen LogP contribution is 2.19. The summed E-state index contributed by atoms with van der Waals surface area (Å²) in [4.78, 5) is 11.3. The molecule has 0 amide bonds. The van der Waals surface area contributed by atoms with Crippen LogP contribution < -0.4 is 16.8 Å². The first kappa shape index (κ1) is 11.9. The molecule has 0 aliphatic carbocycles. The van der Waals surface area contributed by atoms with Crippen LogP contribution in [0.2, 0.25) is 0 Å². The third-order valence-electron chi connectivity index (χ3n) is 2.95. The number of aromatic nitrogens is 1. The molecular weight excluding hydrogens is 218 g/mol. The predicted molar refractivity (Wildman–Crippen MR) is 66.9 cm³/mol. The van der Waals surface area contributed by atoms with Gasteiger partial charge in [0, 0.05) is 13.1 Å². The lowest BCUT2D eigenvalue weighted by Crippen LogP contribution is -2.18. The van der Waals surface area contributed by atoms with E-state index >= 15 is 0 Å². The third-order valence-corrected chi connectivity index (χ3v) is 2.95. The van der Waals surface area contributed by atoms with E-state index in [4.69, 9.17) is 10.2 Å². The second-order valence-electron chi connectivity index (χ2n) is 4.15. The maximum Gasteiger partial charge on any atom is 0.419 e. The first-order chi connectivity index (χ1) is 8.13. The summed E-state index contributed by atoms with van der Waals surface area (Å²) in [5, 5.41) is 3.07. The fourth-order valence-electron chi connectivity index (χ4n) is 1.84. The number of nitrogens with two attached hydrogens (primary N) is 1. The van der Waals surface area contributed by atoms with Crippen LogP contribution in [-0.4, -0.2) is 18.2 Å². The zero-order valence-electron chi connectivity index (χ0n) is 10.1. The van der Waals surface area contributed by atoms with Crippen LogP contribution >= 0.6 is 0 Å². The lowest BCUT2D eigenvalue weighted by Gasteiger charge is -2.11. The van der Waals surface area contributed by atoms with E-state index < -0.39 is 0 Å². The fraction of sp³-hybridized carbons (Fsp3) is 0.417. The summed E-state index contributed by atoms with van der Waals surface area (Å²) in [6, 6.07) is 5.59. The number of rotatable bonds is 4. The zero-order chi connectivity index (χ0) is 12.4. The van der Waals surface area contributed by atoms with Crippen LogP contribution in [0.4, 0.5) is 0 Å². The molecule has 0 saturated heterocycles. The lowest BCUT2D eigenvalue weighted by atomic mass is 10.0. The summed E-state index contributed by atoms with van der Waals surface area (Å²) in [6.45, 7) is 0.865. The maximum absolute atomic E-state index is 11.3. The van der Waals surface area contributed by atoms with Crippen molar-refractivity contribution in [2.45, 2.75) is 12.5 Å². The van der Waals surface area contributed by atoms with Crippen LogP contribution in [0.25, 0.3) is 11.1 Å². The van der Waals surface area contributed by atoms with Crippen LogP contribution in [0.1, 0.15) is 18.0 Å². The van der Waals surface area contributed by atoms with Gasteiger partial charge >= 0.3 is 5.76 Å². The van der Waals surface area contributed by atoms with E-state index in [9.17, 15) is 4.79 Å². The van der Waals surface area contributed by atoms with Crippen LogP contribution in [0.5, 0.6) is 0 Å². The van der Waals surface area contributed by atoms with E-state index in [-0.39, 0.29) is 11.8 Å². The van der Waals surface area contributed by atoms with Crippen LogP contribution in [0.3, 0.4) is 0 Å². The highest BCUT2D eigenvalue weighted by Gasteiger charge is 2.10. The Morgan fingerprint density at radius 1 is 1.53 bits per heavy atom. The van der Waals surface area contributed by atoms with E-state index in [1.54, 1.807) is 13.1 Å². The second kappa shape index (κ2) is 4.73. The van der Waals surface area contributed by atoms with Gasteiger partial charge in [0.05, 0.1) is 5.52 Å². The van der Waals surface area contributed by atoms with Gasteiger partial charge in [-0.15, -0.1) is 0 Å². The van der Waals surface area contributed by atoms with E-state index in [0.29, 0.717) is 5.58 Å². The fourth-order valence-corrected chi connectivity index (χ4v) is 1.84. The van der Waals surface area contributed by atoms with Gasteiger partial charge in [-0.3, -0.25) is 4.57 Å². The molecule has 2 aromatic rings. The summed E-state index contributed by atoms with van der Waals surface area (Å²) >= 11 is 0. The van der Waals surface area contributed by atoms with Gasteiger partial charge in [0.1, 0.15) is 0 Å². The molecule has 0 bridgehead atoms. The molecule has 1 aromatic heterocycles. The molecule has 92 valence electrons. The second-order valence-corrected chi connectivity index (χ2v) is 4.15. The van der Waals surface area contributed by atoms with Crippen molar-refractivity contribution >= 4 is 11.1 Å². The molecule has 5 nitrogen and oxygen atoms in total. The van der Waals surface area contributed by atoms with Crippen molar-refractivity contribution in [3.05, 3.63) is 34.3 Å². The molecule has 1 unspecified atom stereocenters. The van der Waals surface area contributed by atoms with Gasteiger partial charge in [-0.25, -0.2) is 4.79 Å². The average Bonchev–Trinajstić information content (AvgIpc) is 2.62. The van der Waals surface area contributed by atoms with Crippen LogP contribution in [-0.2, 0) is 7.05 Å². The van der Waals surface area contributed by atoms with Gasteiger partial charge in [0.2, 0.25) is 0 Å². The molecule has 2 rings (SSSR count). The van der Waals surface area contributed by atoms with Crippen LogP contribution in [0, 0.1) is 0 Å². The molecular formula is C12H17N3O2. The molecule has 0 aliphatic rings. The Hall–Kier alpha value is -1.59. The van der Waals surface area contributed by atoms with Crippen molar-refractivity contribution in [3.63, 3.8) is 0 Å². The summed E-state index contributed by atoms with van der Waals surface area (Å²) in [5.74, 6) is -0.346. The van der Waals surface area contributed by atoms with E-state index in [0.717, 1.165) is 24.0 Å². The van der Waals surface area contributed by atoms with Crippen molar-refractivity contribution < 1.29 is 4.42 Å². The van der Waals surface area contributed by atoms with Gasteiger partial charge in [0.15, 0.2) is 5.58 Å². The van der Waals surface area contributed by atoms with E-state index in [2.05, 4.69) is 5.32 Å². The molecule has 0 fully saturated rings. The number of aryl methyl sites for hydroxylation is 1. The molecule has 5 heteroatoms. The standard InChI is InChI=1S/C12H17N3O2/c1-14-6-5-9(13)8-3-4-11-10(7-8)15(2)12(16)17-11/h3-4,7,9,14H,5-6,13H2,1-2H3. The number of oxazole rings is 1. The minimum Gasteiger partial charge on any atom is -0.408 e. The van der Waals surface area contributed by atoms with Gasteiger partial charge in [-0.05, 0) is 37.7 Å². The molecule has 1 heterocycles. The SMILES string of the molecule is CNCCC(N)c1ccc2oc(=O)n(C)c2c1. The number of benzene rings is 1. The van der Waals surface area contributed by atoms with Gasteiger partial charge in [0.25, 0.3) is 0 Å². The highest BCUT2D eigenvalue weighted by atomic mass is 16.4. The van der Waals surface area contributed by atoms with E-state index in [1.807, 2.05) is 19.2 Å². The number of hydrogen-bond acceptors (Lipinski definition) is 4. The molecule has 0 saturated carbocycles. The third kappa shape index (κ3) is 2.25. The predicted octanol–water partition coefficient (Wildman–Crippen LogP) is 0.741. The van der Waals surface area contributed by atoms with Crippen molar-refractivity contribution in [2.75, 3.05) is 13.6 Å². The Balaban J connectivity index is 2.36. The number of fused-ring (bicyclic) bond motifs is 1. The first-order valence-electron chi connectivity index (χ1n) is 5.63. The average molecular weight is 235 g/mol. The van der Waals surface area contributed by atoms with E-state index in [1.165, 1.54) is 4.57 Å². The van der Waals surface area contributed by atoms with Crippen molar-refractivity contribution in [1.29, 1.82) is 0 Å². The molecule has 3 N–H and O–H groups in total. The Labute approximate surface area is 99.2 Å². The Morgan fingerprint density at radius 2 is 2.29 bits per heavy atom. The number of nitrogens with one attached hydrogen (secondary N) is 1. The van der Waals surface area contributed by atoms with Crippen molar-refractivity contribution in [2.24, 2.45) is 12.8 Å². The Bertz CT molecular complexity index is 571. The van der Waals surface area contributed by atoms with Gasteiger partial charge in [-0.2, -0.15) is 0 Å². The Morgan fingerprint density at radius 3 is 3.00 bits per heavy atom. The van der Waals surface area contributed by atoms with Crippen LogP contribution in [0.15, 0.2) is 27.4 Å². The topological polar surface area (TPSA) is 73.2 Å². The largest absolute Gasteiger partial charge is 0.419 e. The Kier molecular flexibility index (Phi) is 3.31. The highest BCUT2D eigenvalue weighted by molar-refractivity contribution is 5.73.